The van der Waals surface area contributed by atoms with Crippen LogP contribution in [0.5, 0.6) is 0 Å². The second-order valence-corrected chi connectivity index (χ2v) is 9.94. The summed E-state index contributed by atoms with van der Waals surface area (Å²) in [6.45, 7) is 1.74. The van der Waals surface area contributed by atoms with E-state index >= 15 is 0 Å². The lowest BCUT2D eigenvalue weighted by Crippen LogP contribution is -2.47. The number of amides is 4. The molecule has 5 rings (SSSR count). The van der Waals surface area contributed by atoms with E-state index in [9.17, 15) is 24.0 Å². The number of hydrogen-bond acceptors (Lipinski definition) is 6. The molecule has 1 aliphatic heterocycles. The quantitative estimate of drug-likeness (QED) is 0.155. The third-order valence-electron chi connectivity index (χ3n) is 6.98. The molecule has 0 unspecified atom stereocenters. The maximum atomic E-state index is 13.3. The lowest BCUT2D eigenvalue weighted by Gasteiger charge is -2.24. The zero-order valence-corrected chi connectivity index (χ0v) is 23.9. The Bertz CT molecular complexity index is 1700. The molecule has 0 spiro atoms. The Morgan fingerprint density at radius 2 is 1.34 bits per heavy atom. The van der Waals surface area contributed by atoms with Crippen molar-refractivity contribution in [2.45, 2.75) is 19.4 Å². The van der Waals surface area contributed by atoms with Crippen LogP contribution >= 0.6 is 0 Å². The average molecular weight is 588 g/mol. The number of ether oxygens (including phenoxy) is 1. The highest BCUT2D eigenvalue weighted by Crippen LogP contribution is 2.27. The number of nitrogens with one attached hydrogen (secondary N) is 2. The first-order valence-corrected chi connectivity index (χ1v) is 14.0. The van der Waals surface area contributed by atoms with Gasteiger partial charge in [-0.25, -0.2) is 4.79 Å². The SMILES string of the molecule is CCOC(=O)[C@@H](Cc1ccc(NC(=O)/C(=C\c2ccccc2)NC(=O)c2ccccc2)cc1)N1C(=O)c2ccccc2C1=O. The van der Waals surface area contributed by atoms with Gasteiger partial charge in [-0.05, 0) is 60.5 Å². The molecule has 0 bridgehead atoms. The van der Waals surface area contributed by atoms with Crippen molar-refractivity contribution >= 4 is 41.4 Å². The number of imide groups is 1. The molecule has 1 atom stereocenters. The maximum Gasteiger partial charge on any atom is 0.329 e. The summed E-state index contributed by atoms with van der Waals surface area (Å²) in [5.74, 6) is -2.77. The second kappa shape index (κ2) is 13.4. The van der Waals surface area contributed by atoms with Crippen LogP contribution in [0, 0.1) is 0 Å². The molecule has 0 radical (unpaired) electrons. The highest BCUT2D eigenvalue weighted by Gasteiger charge is 2.43. The van der Waals surface area contributed by atoms with Crippen molar-refractivity contribution in [3.05, 3.63) is 143 Å². The molecule has 4 aromatic carbocycles. The summed E-state index contributed by atoms with van der Waals surface area (Å²) < 4.78 is 5.22. The van der Waals surface area contributed by atoms with Gasteiger partial charge >= 0.3 is 5.97 Å². The maximum absolute atomic E-state index is 13.3. The van der Waals surface area contributed by atoms with E-state index in [1.54, 1.807) is 91.9 Å². The third kappa shape index (κ3) is 6.63. The smallest absolute Gasteiger partial charge is 0.329 e. The predicted molar refractivity (Wildman–Crippen MR) is 164 cm³/mol. The fourth-order valence-corrected chi connectivity index (χ4v) is 4.81. The van der Waals surface area contributed by atoms with Crippen LogP contribution in [0.2, 0.25) is 0 Å². The summed E-state index contributed by atoms with van der Waals surface area (Å²) in [6, 6.07) is 29.6. The average Bonchev–Trinajstić information content (AvgIpc) is 3.30. The molecule has 9 heteroatoms. The molecule has 0 saturated carbocycles. The van der Waals surface area contributed by atoms with Crippen molar-refractivity contribution in [2.75, 3.05) is 11.9 Å². The van der Waals surface area contributed by atoms with E-state index in [1.165, 1.54) is 0 Å². The molecule has 220 valence electrons. The van der Waals surface area contributed by atoms with Crippen LogP contribution in [0.15, 0.2) is 115 Å². The van der Waals surface area contributed by atoms with Gasteiger partial charge in [0.25, 0.3) is 23.6 Å². The summed E-state index contributed by atoms with van der Waals surface area (Å²) in [4.78, 5) is 66.3. The van der Waals surface area contributed by atoms with E-state index in [0.29, 0.717) is 16.8 Å². The molecule has 1 aliphatic rings. The second-order valence-electron chi connectivity index (χ2n) is 9.94. The Kier molecular flexibility index (Phi) is 9.05. The molecule has 0 aromatic heterocycles. The first-order chi connectivity index (χ1) is 21.4. The number of nitrogens with zero attached hydrogens (tertiary/aromatic N) is 1. The third-order valence-corrected chi connectivity index (χ3v) is 6.98. The molecule has 2 N–H and O–H groups in total. The monoisotopic (exact) mass is 587 g/mol. The zero-order valence-electron chi connectivity index (χ0n) is 23.9. The van der Waals surface area contributed by atoms with Gasteiger partial charge in [-0.3, -0.25) is 24.1 Å². The van der Waals surface area contributed by atoms with Crippen molar-refractivity contribution < 1.29 is 28.7 Å². The van der Waals surface area contributed by atoms with Gasteiger partial charge in [0, 0.05) is 17.7 Å². The van der Waals surface area contributed by atoms with Gasteiger partial charge in [-0.15, -0.1) is 0 Å². The van der Waals surface area contributed by atoms with Crippen LogP contribution in [0.25, 0.3) is 6.08 Å². The van der Waals surface area contributed by atoms with Crippen LogP contribution in [-0.2, 0) is 20.7 Å². The standard InChI is InChI=1S/C35H29N3O6/c1-2-44-35(43)30(38-33(41)27-15-9-10-16-28(27)34(38)42)22-24-17-19-26(20-18-24)36-32(40)29(21-23-11-5-3-6-12-23)37-31(39)25-13-7-4-8-14-25/h3-21,30H,2,22H2,1H3,(H,36,40)(H,37,39)/b29-21+/t30-/m1/s1. The minimum Gasteiger partial charge on any atom is -0.464 e. The van der Waals surface area contributed by atoms with Crippen molar-refractivity contribution in [2.24, 2.45) is 0 Å². The zero-order chi connectivity index (χ0) is 31.1. The van der Waals surface area contributed by atoms with Crippen molar-refractivity contribution in [3.8, 4) is 0 Å². The molecule has 9 nitrogen and oxygen atoms in total. The number of benzene rings is 4. The van der Waals surface area contributed by atoms with Gasteiger partial charge in [0.2, 0.25) is 0 Å². The predicted octanol–water partition coefficient (Wildman–Crippen LogP) is 4.87. The van der Waals surface area contributed by atoms with Crippen LogP contribution in [-0.4, -0.2) is 47.1 Å². The number of rotatable bonds is 10. The number of carbonyl (C=O) groups is 5. The van der Waals surface area contributed by atoms with E-state index in [2.05, 4.69) is 10.6 Å². The van der Waals surface area contributed by atoms with Gasteiger partial charge in [0.15, 0.2) is 0 Å². The summed E-state index contributed by atoms with van der Waals surface area (Å²) in [6.07, 6.45) is 1.60. The van der Waals surface area contributed by atoms with E-state index in [0.717, 1.165) is 10.5 Å². The summed E-state index contributed by atoms with van der Waals surface area (Å²) in [5, 5.41) is 5.49. The molecule has 0 saturated heterocycles. The Labute approximate surface area is 254 Å². The Morgan fingerprint density at radius 3 is 1.93 bits per heavy atom. The molecule has 44 heavy (non-hydrogen) atoms. The highest BCUT2D eigenvalue weighted by atomic mass is 16.5. The Hall–Kier alpha value is -5.83. The molecular weight excluding hydrogens is 558 g/mol. The van der Waals surface area contributed by atoms with Crippen LogP contribution in [0.1, 0.15) is 49.1 Å². The van der Waals surface area contributed by atoms with Crippen molar-refractivity contribution in [1.29, 1.82) is 0 Å². The Morgan fingerprint density at radius 1 is 0.773 bits per heavy atom. The lowest BCUT2D eigenvalue weighted by molar-refractivity contribution is -0.147. The first kappa shape index (κ1) is 29.7. The lowest BCUT2D eigenvalue weighted by atomic mass is 10.0. The topological polar surface area (TPSA) is 122 Å². The fourth-order valence-electron chi connectivity index (χ4n) is 4.81. The molecule has 0 aliphatic carbocycles. The van der Waals surface area contributed by atoms with Gasteiger partial charge in [-0.1, -0.05) is 72.8 Å². The molecule has 1 heterocycles. The van der Waals surface area contributed by atoms with E-state index in [4.69, 9.17) is 4.74 Å². The van der Waals surface area contributed by atoms with Gasteiger partial charge in [-0.2, -0.15) is 0 Å². The number of fused-ring (bicyclic) bond motifs is 1. The largest absolute Gasteiger partial charge is 0.464 e. The van der Waals surface area contributed by atoms with Crippen LogP contribution < -0.4 is 10.6 Å². The van der Waals surface area contributed by atoms with E-state index in [-0.39, 0.29) is 29.9 Å². The summed E-state index contributed by atoms with van der Waals surface area (Å²) in [5.41, 5.74) is 2.71. The molecule has 0 fully saturated rings. The summed E-state index contributed by atoms with van der Waals surface area (Å²) >= 11 is 0. The minimum atomic E-state index is -1.17. The first-order valence-electron chi connectivity index (χ1n) is 14.0. The van der Waals surface area contributed by atoms with Crippen LogP contribution in [0.3, 0.4) is 0 Å². The van der Waals surface area contributed by atoms with Crippen molar-refractivity contribution in [1.82, 2.24) is 10.2 Å². The molecule has 4 aromatic rings. The van der Waals surface area contributed by atoms with Gasteiger partial charge in [0.1, 0.15) is 11.7 Å². The van der Waals surface area contributed by atoms with Gasteiger partial charge < -0.3 is 15.4 Å². The highest BCUT2D eigenvalue weighted by molar-refractivity contribution is 6.22. The molecule has 4 amide bonds. The number of anilines is 1. The number of hydrogen-bond donors (Lipinski definition) is 2. The Balaban J connectivity index is 1.33. The molecular formula is C35H29N3O6. The fraction of sp³-hybridized carbons (Fsp3) is 0.114. The number of esters is 1. The number of carbonyl (C=O) groups excluding carboxylic acids is 5. The van der Waals surface area contributed by atoms with Crippen LogP contribution in [0.4, 0.5) is 5.69 Å². The summed E-state index contributed by atoms with van der Waals surface area (Å²) in [7, 11) is 0. The van der Waals surface area contributed by atoms with E-state index < -0.39 is 35.6 Å². The van der Waals surface area contributed by atoms with Crippen molar-refractivity contribution in [3.63, 3.8) is 0 Å². The normalized spacial score (nSPS) is 13.2. The van der Waals surface area contributed by atoms with E-state index in [1.807, 2.05) is 30.3 Å². The minimum absolute atomic E-state index is 0.0187. The van der Waals surface area contributed by atoms with Gasteiger partial charge in [0.05, 0.1) is 17.7 Å².